The van der Waals surface area contributed by atoms with E-state index in [2.05, 4.69) is 17.5 Å². The highest BCUT2D eigenvalue weighted by atomic mass is 31.2. The predicted molar refractivity (Wildman–Crippen MR) is 56.8 cm³/mol. The maximum Gasteiger partial charge on any atom is 0.496 e. The molecule has 0 unspecified atom stereocenters. The van der Waals surface area contributed by atoms with Gasteiger partial charge in [0.2, 0.25) is 0 Å². The Morgan fingerprint density at radius 3 is 1.71 bits per heavy atom. The van der Waals surface area contributed by atoms with Gasteiger partial charge in [-0.05, 0) is 0 Å². The van der Waals surface area contributed by atoms with Crippen LogP contribution in [0.15, 0.2) is 0 Å². The molecule has 3 nitrogen and oxygen atoms in total. The first-order chi connectivity index (χ1) is 6.68. The van der Waals surface area contributed by atoms with Gasteiger partial charge in [0.25, 0.3) is 0 Å². The van der Waals surface area contributed by atoms with Crippen molar-refractivity contribution in [3.8, 4) is 36.8 Å². The molecule has 0 aliphatic carbocycles. The maximum atomic E-state index is 9.57. The van der Waals surface area contributed by atoms with E-state index >= 15 is 0 Å². The van der Waals surface area contributed by atoms with E-state index in [4.69, 9.17) is 28.3 Å². The highest BCUT2D eigenvalue weighted by Crippen LogP contribution is 2.55. The van der Waals surface area contributed by atoms with Crippen LogP contribution in [0.2, 0.25) is 0 Å². The van der Waals surface area contributed by atoms with Gasteiger partial charge in [-0.25, -0.2) is 0 Å². The number of hydrogen-bond donors (Lipinski definition) is 1. The molecule has 14 heavy (non-hydrogen) atoms. The zero-order valence-corrected chi connectivity index (χ0v) is 8.67. The number of hydrogen-bond acceptors (Lipinski definition) is 3. The van der Waals surface area contributed by atoms with Crippen LogP contribution >= 0.6 is 7.94 Å². The minimum Gasteiger partial charge on any atom is -0.182 e. The van der Waals surface area contributed by atoms with Gasteiger partial charge < -0.3 is 0 Å². The number of terminal acetylenes is 3. The summed E-state index contributed by atoms with van der Waals surface area (Å²) in [6.07, 6.45) is 15.8. The zero-order chi connectivity index (χ0) is 10.9. The van der Waals surface area contributed by atoms with Crippen LogP contribution in [0.25, 0.3) is 0 Å². The molecule has 0 heterocycles. The SMILES string of the molecule is C#CCCO[P+](O)(C#C)OCCC#C. The Balaban J connectivity index is 3.89. The third-order valence-electron chi connectivity index (χ3n) is 1.19. The molecule has 0 aromatic heterocycles. The average Bonchev–Trinajstić information content (AvgIpc) is 2.19. The largest absolute Gasteiger partial charge is 0.496 e. The van der Waals surface area contributed by atoms with Crippen molar-refractivity contribution >= 4 is 7.94 Å². The summed E-state index contributed by atoms with van der Waals surface area (Å²) in [6, 6.07) is 0. The first-order valence-electron chi connectivity index (χ1n) is 3.94. The Kier molecular flexibility index (Phi) is 6.87. The van der Waals surface area contributed by atoms with Crippen LogP contribution in [0.1, 0.15) is 12.8 Å². The van der Waals surface area contributed by atoms with Gasteiger partial charge in [0.05, 0.1) is 0 Å². The highest BCUT2D eigenvalue weighted by molar-refractivity contribution is 7.65. The lowest BCUT2D eigenvalue weighted by Gasteiger charge is -2.08. The number of rotatable bonds is 6. The van der Waals surface area contributed by atoms with Crippen molar-refractivity contribution in [2.24, 2.45) is 0 Å². The first kappa shape index (κ1) is 13.0. The summed E-state index contributed by atoms with van der Waals surface area (Å²) >= 11 is 0. The second-order valence-electron chi connectivity index (χ2n) is 2.22. The van der Waals surface area contributed by atoms with E-state index in [1.165, 1.54) is 0 Å². The van der Waals surface area contributed by atoms with Crippen molar-refractivity contribution in [2.75, 3.05) is 13.2 Å². The van der Waals surface area contributed by atoms with Crippen molar-refractivity contribution in [1.82, 2.24) is 0 Å². The summed E-state index contributed by atoms with van der Waals surface area (Å²) in [5.74, 6) is 4.71. The Morgan fingerprint density at radius 2 is 1.43 bits per heavy atom. The van der Waals surface area contributed by atoms with E-state index < -0.39 is 7.94 Å². The lowest BCUT2D eigenvalue weighted by atomic mass is 10.5. The Labute approximate surface area is 85.4 Å². The maximum absolute atomic E-state index is 9.57. The molecule has 74 valence electrons. The van der Waals surface area contributed by atoms with Crippen molar-refractivity contribution in [3.63, 3.8) is 0 Å². The van der Waals surface area contributed by atoms with Gasteiger partial charge in [-0.3, -0.25) is 0 Å². The van der Waals surface area contributed by atoms with Gasteiger partial charge in [-0.2, -0.15) is 13.9 Å². The van der Waals surface area contributed by atoms with E-state index in [0.29, 0.717) is 12.8 Å². The van der Waals surface area contributed by atoms with Gasteiger partial charge in [-0.15, -0.1) is 24.7 Å². The molecule has 0 aromatic carbocycles. The Morgan fingerprint density at radius 1 is 1.00 bits per heavy atom. The van der Waals surface area contributed by atoms with Crippen LogP contribution in [0.3, 0.4) is 0 Å². The van der Waals surface area contributed by atoms with E-state index in [9.17, 15) is 4.89 Å². The monoisotopic (exact) mass is 211 g/mol. The molecule has 0 aromatic rings. The average molecular weight is 211 g/mol. The Bertz CT molecular complexity index is 259. The Hall–Kier alpha value is -1.01. The minimum absolute atomic E-state index is 0.182. The molecule has 0 aliphatic rings. The van der Waals surface area contributed by atoms with Crippen molar-refractivity contribution in [2.45, 2.75) is 12.8 Å². The van der Waals surface area contributed by atoms with E-state index in [1.54, 1.807) is 0 Å². The lowest BCUT2D eigenvalue weighted by Crippen LogP contribution is -2.02. The molecule has 1 N–H and O–H groups in total. The second kappa shape index (κ2) is 7.40. The van der Waals surface area contributed by atoms with Crippen LogP contribution in [0.4, 0.5) is 0 Å². The first-order valence-corrected chi connectivity index (χ1v) is 5.52. The van der Waals surface area contributed by atoms with Crippen LogP contribution in [-0.2, 0) is 9.05 Å². The molecule has 0 bridgehead atoms. The van der Waals surface area contributed by atoms with E-state index in [1.807, 2.05) is 0 Å². The standard InChI is InChI=1S/C10H12O3P/c1-4-7-9-12-14(11,6-3)13-10-8-5-2/h1-3,11H,7-10H2/q+1. The normalized spacial score (nSPS) is 9.86. The van der Waals surface area contributed by atoms with Gasteiger partial charge in [0, 0.05) is 12.8 Å². The van der Waals surface area contributed by atoms with Gasteiger partial charge in [-0.1, -0.05) is 6.42 Å². The molecule has 0 saturated carbocycles. The van der Waals surface area contributed by atoms with E-state index in [-0.39, 0.29) is 13.2 Å². The second-order valence-corrected chi connectivity index (χ2v) is 4.04. The van der Waals surface area contributed by atoms with Gasteiger partial charge in [0.1, 0.15) is 13.2 Å². The summed E-state index contributed by atoms with van der Waals surface area (Å²) in [4.78, 5) is 9.57. The third kappa shape index (κ3) is 5.60. The van der Waals surface area contributed by atoms with E-state index in [0.717, 1.165) is 0 Å². The molecule has 0 rings (SSSR count). The van der Waals surface area contributed by atoms with Crippen molar-refractivity contribution < 1.29 is 13.9 Å². The summed E-state index contributed by atoms with van der Waals surface area (Å²) in [5.41, 5.74) is 2.08. The fourth-order valence-corrected chi connectivity index (χ4v) is 1.47. The molecule has 0 spiro atoms. The topological polar surface area (TPSA) is 38.7 Å². The zero-order valence-electron chi connectivity index (χ0n) is 7.77. The molecule has 0 saturated heterocycles. The molecule has 0 fully saturated rings. The van der Waals surface area contributed by atoms with Crippen LogP contribution in [0, 0.1) is 36.8 Å². The van der Waals surface area contributed by atoms with Gasteiger partial charge >= 0.3 is 7.94 Å². The summed E-state index contributed by atoms with van der Waals surface area (Å²) < 4.78 is 9.93. The third-order valence-corrected chi connectivity index (χ3v) is 2.58. The lowest BCUT2D eigenvalue weighted by molar-refractivity contribution is 0.193. The smallest absolute Gasteiger partial charge is 0.182 e. The highest BCUT2D eigenvalue weighted by Gasteiger charge is 2.39. The fourth-order valence-electron chi connectivity index (χ4n) is 0.568. The van der Waals surface area contributed by atoms with Gasteiger partial charge in [0.15, 0.2) is 5.66 Å². The van der Waals surface area contributed by atoms with Crippen LogP contribution in [0.5, 0.6) is 0 Å². The van der Waals surface area contributed by atoms with Crippen LogP contribution < -0.4 is 0 Å². The molecule has 0 atom stereocenters. The van der Waals surface area contributed by atoms with Crippen molar-refractivity contribution in [3.05, 3.63) is 0 Å². The summed E-state index contributed by atoms with van der Waals surface area (Å²) in [7, 11) is -3.17. The van der Waals surface area contributed by atoms with Crippen molar-refractivity contribution in [1.29, 1.82) is 0 Å². The molecular formula is C10H12O3P+. The summed E-state index contributed by atoms with van der Waals surface area (Å²) in [6.45, 7) is 0.363. The minimum atomic E-state index is -3.17. The quantitative estimate of drug-likeness (QED) is 0.410. The molecule has 0 radical (unpaired) electrons. The fraction of sp³-hybridized carbons (Fsp3) is 0.400. The molecular weight excluding hydrogens is 199 g/mol. The molecule has 0 amide bonds. The summed E-state index contributed by atoms with van der Waals surface area (Å²) in [5, 5.41) is 0. The molecule has 0 aliphatic heterocycles. The van der Waals surface area contributed by atoms with Crippen LogP contribution in [-0.4, -0.2) is 18.1 Å². The predicted octanol–water partition coefficient (Wildman–Crippen LogP) is 1.41. The molecule has 4 heteroatoms.